The third-order valence-electron chi connectivity index (χ3n) is 3.77. The van der Waals surface area contributed by atoms with E-state index in [4.69, 9.17) is 16.3 Å². The van der Waals surface area contributed by atoms with E-state index < -0.39 is 4.92 Å². The van der Waals surface area contributed by atoms with Gasteiger partial charge >= 0.3 is 5.97 Å². The van der Waals surface area contributed by atoms with E-state index >= 15 is 0 Å². The quantitative estimate of drug-likeness (QED) is 0.472. The minimum absolute atomic E-state index is 0.108. The Bertz CT molecular complexity index is 564. The predicted molar refractivity (Wildman–Crippen MR) is 82.8 cm³/mol. The van der Waals surface area contributed by atoms with Crippen LogP contribution in [0.5, 0.6) is 0 Å². The number of nitro groups is 1. The van der Waals surface area contributed by atoms with E-state index in [9.17, 15) is 14.9 Å². The van der Waals surface area contributed by atoms with Gasteiger partial charge in [-0.05, 0) is 37.9 Å². The summed E-state index contributed by atoms with van der Waals surface area (Å²) in [5, 5.41) is 11.1. The van der Waals surface area contributed by atoms with E-state index in [1.807, 2.05) is 4.90 Å². The molecule has 6 nitrogen and oxygen atoms in total. The zero-order chi connectivity index (χ0) is 16.1. The molecule has 1 aromatic rings. The zero-order valence-corrected chi connectivity index (χ0v) is 13.2. The van der Waals surface area contributed by atoms with Crippen LogP contribution >= 0.6 is 11.6 Å². The molecule has 22 heavy (non-hydrogen) atoms. The molecule has 0 bridgehead atoms. The van der Waals surface area contributed by atoms with Crippen LogP contribution in [0.15, 0.2) is 18.2 Å². The molecule has 1 aliphatic heterocycles. The maximum Gasteiger partial charge on any atom is 0.323 e. The van der Waals surface area contributed by atoms with E-state index in [-0.39, 0.29) is 22.7 Å². The summed E-state index contributed by atoms with van der Waals surface area (Å²) >= 11 is 5.82. The van der Waals surface area contributed by atoms with Crippen LogP contribution in [0.25, 0.3) is 0 Å². The smallest absolute Gasteiger partial charge is 0.323 e. The second kappa shape index (κ2) is 7.56. The van der Waals surface area contributed by atoms with Gasteiger partial charge in [-0.1, -0.05) is 24.1 Å². The van der Waals surface area contributed by atoms with Crippen molar-refractivity contribution in [3.8, 4) is 0 Å². The molecule has 0 N–H and O–H groups in total. The van der Waals surface area contributed by atoms with E-state index in [2.05, 4.69) is 0 Å². The highest BCUT2D eigenvalue weighted by Gasteiger charge is 2.30. The summed E-state index contributed by atoms with van der Waals surface area (Å²) in [6.45, 7) is 3.39. The second-order valence-corrected chi connectivity index (χ2v) is 5.68. The Morgan fingerprint density at radius 1 is 1.50 bits per heavy atom. The molecule has 0 aliphatic carbocycles. The van der Waals surface area contributed by atoms with E-state index in [0.29, 0.717) is 13.2 Å². The Labute approximate surface area is 134 Å². The van der Waals surface area contributed by atoms with Crippen molar-refractivity contribution in [3.63, 3.8) is 0 Å². The van der Waals surface area contributed by atoms with Crippen molar-refractivity contribution >= 4 is 23.3 Å². The molecule has 1 aliphatic rings. The number of benzene rings is 1. The van der Waals surface area contributed by atoms with E-state index in [0.717, 1.165) is 31.4 Å². The topological polar surface area (TPSA) is 72.7 Å². The lowest BCUT2D eigenvalue weighted by molar-refractivity contribution is -0.384. The van der Waals surface area contributed by atoms with E-state index in [1.54, 1.807) is 13.0 Å². The van der Waals surface area contributed by atoms with Gasteiger partial charge < -0.3 is 4.74 Å². The van der Waals surface area contributed by atoms with Crippen LogP contribution in [0.1, 0.15) is 31.7 Å². The maximum absolute atomic E-state index is 12.0. The number of hydrogen-bond acceptors (Lipinski definition) is 5. The van der Waals surface area contributed by atoms with Crippen LogP contribution in [0.2, 0.25) is 5.02 Å². The summed E-state index contributed by atoms with van der Waals surface area (Å²) in [7, 11) is 0. The highest BCUT2D eigenvalue weighted by molar-refractivity contribution is 6.32. The molecular formula is C15H19ClN2O4. The molecule has 0 radical (unpaired) electrons. The van der Waals surface area contributed by atoms with Crippen molar-refractivity contribution in [2.24, 2.45) is 0 Å². The van der Waals surface area contributed by atoms with E-state index in [1.165, 1.54) is 12.1 Å². The van der Waals surface area contributed by atoms with Gasteiger partial charge in [0.1, 0.15) is 11.1 Å². The lowest BCUT2D eigenvalue weighted by atomic mass is 10.0. The molecule has 2 rings (SSSR count). The molecule has 0 saturated carbocycles. The van der Waals surface area contributed by atoms with Crippen molar-refractivity contribution in [1.82, 2.24) is 4.90 Å². The number of hydrogen-bond donors (Lipinski definition) is 0. The van der Waals surface area contributed by atoms with Crippen LogP contribution in [-0.4, -0.2) is 35.0 Å². The summed E-state index contributed by atoms with van der Waals surface area (Å²) in [6, 6.07) is 4.48. The van der Waals surface area contributed by atoms with Gasteiger partial charge in [0.15, 0.2) is 0 Å². The number of halogens is 1. The van der Waals surface area contributed by atoms with Crippen LogP contribution in [0, 0.1) is 10.1 Å². The number of piperidine rings is 1. The Morgan fingerprint density at radius 3 is 2.95 bits per heavy atom. The first-order chi connectivity index (χ1) is 10.5. The molecule has 1 fully saturated rings. The number of carbonyl (C=O) groups excluding carboxylic acids is 1. The van der Waals surface area contributed by atoms with Gasteiger partial charge in [-0.25, -0.2) is 0 Å². The summed E-state index contributed by atoms with van der Waals surface area (Å²) in [5.41, 5.74) is 0.663. The summed E-state index contributed by atoms with van der Waals surface area (Å²) in [6.07, 6.45) is 2.75. The van der Waals surface area contributed by atoms with Gasteiger partial charge in [0.2, 0.25) is 0 Å². The van der Waals surface area contributed by atoms with Crippen molar-refractivity contribution in [2.75, 3.05) is 13.2 Å². The molecule has 7 heteroatoms. The van der Waals surface area contributed by atoms with Gasteiger partial charge in [0, 0.05) is 12.6 Å². The zero-order valence-electron chi connectivity index (χ0n) is 12.5. The number of rotatable bonds is 5. The summed E-state index contributed by atoms with van der Waals surface area (Å²) < 4.78 is 5.12. The van der Waals surface area contributed by atoms with Gasteiger partial charge in [-0.15, -0.1) is 0 Å². The van der Waals surface area contributed by atoms with Crippen LogP contribution < -0.4 is 0 Å². The highest BCUT2D eigenvalue weighted by Crippen LogP contribution is 2.27. The average Bonchev–Trinajstić information content (AvgIpc) is 2.49. The monoisotopic (exact) mass is 326 g/mol. The lowest BCUT2D eigenvalue weighted by Crippen LogP contribution is -2.44. The molecule has 1 aromatic carbocycles. The number of nitrogens with zero attached hydrogens (tertiary/aromatic N) is 2. The standard InChI is InChI=1S/C15H19ClN2O4/c1-2-22-15(19)13-5-3-4-8-17(13)10-11-6-7-12(16)14(9-11)18(20)21/h6-7,9,13H,2-5,8,10H2,1H3. The first-order valence-electron chi connectivity index (χ1n) is 7.36. The summed E-state index contributed by atoms with van der Waals surface area (Å²) in [4.78, 5) is 24.5. The fourth-order valence-corrected chi connectivity index (χ4v) is 2.90. The molecule has 1 unspecified atom stereocenters. The first kappa shape index (κ1) is 16.7. The number of esters is 1. The van der Waals surface area contributed by atoms with Gasteiger partial charge in [-0.2, -0.15) is 0 Å². The van der Waals surface area contributed by atoms with Crippen molar-refractivity contribution in [1.29, 1.82) is 0 Å². The maximum atomic E-state index is 12.0. The van der Waals surface area contributed by atoms with Crippen LogP contribution in [0.3, 0.4) is 0 Å². The fourth-order valence-electron chi connectivity index (χ4n) is 2.72. The molecule has 1 saturated heterocycles. The second-order valence-electron chi connectivity index (χ2n) is 5.28. The molecule has 0 aromatic heterocycles. The average molecular weight is 327 g/mol. The Balaban J connectivity index is 2.15. The van der Waals surface area contributed by atoms with Gasteiger partial charge in [0.05, 0.1) is 11.5 Å². The number of carbonyl (C=O) groups is 1. The molecule has 1 heterocycles. The normalized spacial score (nSPS) is 18.9. The molecule has 0 amide bonds. The number of nitro benzene ring substituents is 1. The first-order valence-corrected chi connectivity index (χ1v) is 7.74. The minimum Gasteiger partial charge on any atom is -0.465 e. The number of ether oxygens (including phenoxy) is 1. The summed E-state index contributed by atoms with van der Waals surface area (Å²) in [5.74, 6) is -0.217. The molecule has 1 atom stereocenters. The largest absolute Gasteiger partial charge is 0.465 e. The van der Waals surface area contributed by atoms with Gasteiger partial charge in [0.25, 0.3) is 5.69 Å². The lowest BCUT2D eigenvalue weighted by Gasteiger charge is -2.33. The van der Waals surface area contributed by atoms with Crippen molar-refractivity contribution in [3.05, 3.63) is 38.9 Å². The fraction of sp³-hybridized carbons (Fsp3) is 0.533. The molecule has 120 valence electrons. The van der Waals surface area contributed by atoms with Crippen molar-refractivity contribution < 1.29 is 14.5 Å². The minimum atomic E-state index is -0.495. The number of likely N-dealkylation sites (tertiary alicyclic amines) is 1. The van der Waals surface area contributed by atoms with Crippen LogP contribution in [-0.2, 0) is 16.1 Å². The third-order valence-corrected chi connectivity index (χ3v) is 4.08. The molecular weight excluding hydrogens is 308 g/mol. The van der Waals surface area contributed by atoms with Crippen LogP contribution in [0.4, 0.5) is 5.69 Å². The Kier molecular flexibility index (Phi) is 5.74. The predicted octanol–water partition coefficient (Wildman–Crippen LogP) is 3.17. The third kappa shape index (κ3) is 3.96. The molecule has 0 spiro atoms. The highest BCUT2D eigenvalue weighted by atomic mass is 35.5. The van der Waals surface area contributed by atoms with Crippen molar-refractivity contribution in [2.45, 2.75) is 38.8 Å². The SMILES string of the molecule is CCOC(=O)C1CCCCN1Cc1ccc(Cl)c([N+](=O)[O-])c1. The van der Waals surface area contributed by atoms with Gasteiger partial charge in [-0.3, -0.25) is 19.8 Å². The Morgan fingerprint density at radius 2 is 2.27 bits per heavy atom. The Hall–Kier alpha value is -1.66.